The quantitative estimate of drug-likeness (QED) is 0.497. The minimum absolute atomic E-state index is 0.0571. The van der Waals surface area contributed by atoms with E-state index in [4.69, 9.17) is 4.52 Å². The highest BCUT2D eigenvalue weighted by Gasteiger charge is 2.41. The molecule has 3 aromatic carbocycles. The maximum Gasteiger partial charge on any atom is 0.311 e. The van der Waals surface area contributed by atoms with Gasteiger partial charge in [-0.25, -0.2) is 0 Å². The number of hydrogen-bond acceptors (Lipinski definition) is 4. The third kappa shape index (κ3) is 2.26. The molecular formula is C21H19O4P. The molecule has 4 rings (SSSR count). The molecule has 0 saturated carbocycles. The zero-order chi connectivity index (χ0) is 18.6. The second-order valence-corrected chi connectivity index (χ2v) is 8.94. The predicted molar refractivity (Wildman–Crippen MR) is 103 cm³/mol. The maximum atomic E-state index is 14.1. The SMILES string of the molecule is Cc1cc(O)cc(P2(=O)Oc3c(C)ccc(C)c3-c3ccccc32)c1O. The van der Waals surface area contributed by atoms with Gasteiger partial charge in [0, 0.05) is 11.1 Å². The van der Waals surface area contributed by atoms with E-state index in [1.165, 1.54) is 12.1 Å². The third-order valence-electron chi connectivity index (χ3n) is 4.86. The second kappa shape index (κ2) is 5.65. The number of aryl methyl sites for hydroxylation is 3. The van der Waals surface area contributed by atoms with E-state index in [-0.39, 0.29) is 16.8 Å². The fourth-order valence-corrected chi connectivity index (χ4v) is 5.99. The lowest BCUT2D eigenvalue weighted by Crippen LogP contribution is -2.26. The van der Waals surface area contributed by atoms with E-state index in [1.54, 1.807) is 19.1 Å². The van der Waals surface area contributed by atoms with E-state index in [2.05, 4.69) is 0 Å². The van der Waals surface area contributed by atoms with E-state index in [9.17, 15) is 14.8 Å². The largest absolute Gasteiger partial charge is 0.508 e. The molecule has 0 spiro atoms. The first-order valence-corrected chi connectivity index (χ1v) is 9.98. The molecule has 0 bridgehead atoms. The zero-order valence-electron chi connectivity index (χ0n) is 14.8. The Morgan fingerprint density at radius 1 is 0.846 bits per heavy atom. The highest BCUT2D eigenvalue weighted by atomic mass is 31.2. The van der Waals surface area contributed by atoms with Gasteiger partial charge in [0.1, 0.15) is 17.2 Å². The van der Waals surface area contributed by atoms with Gasteiger partial charge in [0.2, 0.25) is 0 Å². The summed E-state index contributed by atoms with van der Waals surface area (Å²) >= 11 is 0. The summed E-state index contributed by atoms with van der Waals surface area (Å²) in [7, 11) is -3.64. The molecule has 3 aromatic rings. The van der Waals surface area contributed by atoms with Crippen LogP contribution >= 0.6 is 7.37 Å². The first kappa shape index (κ1) is 16.7. The summed E-state index contributed by atoms with van der Waals surface area (Å²) in [5, 5.41) is 21.2. The van der Waals surface area contributed by atoms with E-state index in [0.29, 0.717) is 16.6 Å². The van der Waals surface area contributed by atoms with Crippen LogP contribution in [0.15, 0.2) is 48.5 Å². The third-order valence-corrected chi connectivity index (χ3v) is 7.29. The molecule has 5 heteroatoms. The summed E-state index contributed by atoms with van der Waals surface area (Å²) in [6.07, 6.45) is 0. The van der Waals surface area contributed by atoms with Gasteiger partial charge >= 0.3 is 7.37 Å². The van der Waals surface area contributed by atoms with Crippen molar-refractivity contribution in [1.29, 1.82) is 0 Å². The Hall–Kier alpha value is -2.71. The number of fused-ring (bicyclic) bond motifs is 3. The minimum atomic E-state index is -3.64. The number of phenols is 2. The van der Waals surface area contributed by atoms with Gasteiger partial charge in [0.25, 0.3) is 0 Å². The molecule has 0 amide bonds. The molecule has 0 fully saturated rings. The van der Waals surface area contributed by atoms with Gasteiger partial charge in [-0.1, -0.05) is 30.3 Å². The maximum absolute atomic E-state index is 14.1. The normalized spacial score (nSPS) is 18.0. The lowest BCUT2D eigenvalue weighted by Gasteiger charge is -2.31. The van der Waals surface area contributed by atoms with Crippen LogP contribution in [0.2, 0.25) is 0 Å². The fraction of sp³-hybridized carbons (Fsp3) is 0.143. The number of benzene rings is 3. The van der Waals surface area contributed by atoms with Gasteiger partial charge in [-0.2, -0.15) is 0 Å². The van der Waals surface area contributed by atoms with E-state index in [1.807, 2.05) is 38.1 Å². The molecule has 1 aliphatic heterocycles. The molecule has 0 saturated heterocycles. The highest BCUT2D eigenvalue weighted by molar-refractivity contribution is 7.75. The molecular weight excluding hydrogens is 347 g/mol. The lowest BCUT2D eigenvalue weighted by atomic mass is 9.97. The summed E-state index contributed by atoms with van der Waals surface area (Å²) in [6, 6.07) is 14.1. The van der Waals surface area contributed by atoms with Crippen LogP contribution in [0.3, 0.4) is 0 Å². The van der Waals surface area contributed by atoms with Gasteiger partial charge in [-0.05, 0) is 55.7 Å². The van der Waals surface area contributed by atoms with Crippen LogP contribution in [0.4, 0.5) is 0 Å². The van der Waals surface area contributed by atoms with Crippen LogP contribution < -0.4 is 15.1 Å². The van der Waals surface area contributed by atoms with Crippen molar-refractivity contribution >= 4 is 18.0 Å². The molecule has 4 nitrogen and oxygen atoms in total. The van der Waals surface area contributed by atoms with Crippen LogP contribution in [-0.4, -0.2) is 10.2 Å². The number of aromatic hydroxyl groups is 2. The van der Waals surface area contributed by atoms with Crippen molar-refractivity contribution in [2.24, 2.45) is 0 Å². The monoisotopic (exact) mass is 366 g/mol. The first-order chi connectivity index (χ1) is 12.3. The van der Waals surface area contributed by atoms with Crippen molar-refractivity contribution in [2.45, 2.75) is 20.8 Å². The number of rotatable bonds is 1. The van der Waals surface area contributed by atoms with Crippen molar-refractivity contribution in [2.75, 3.05) is 0 Å². The van der Waals surface area contributed by atoms with Gasteiger partial charge in [-0.3, -0.25) is 4.57 Å². The average molecular weight is 366 g/mol. The van der Waals surface area contributed by atoms with Crippen molar-refractivity contribution in [1.82, 2.24) is 0 Å². The molecule has 26 heavy (non-hydrogen) atoms. The Morgan fingerprint density at radius 3 is 2.31 bits per heavy atom. The Morgan fingerprint density at radius 2 is 1.54 bits per heavy atom. The van der Waals surface area contributed by atoms with E-state index < -0.39 is 7.37 Å². The van der Waals surface area contributed by atoms with Gasteiger partial charge < -0.3 is 14.7 Å². The molecule has 132 valence electrons. The predicted octanol–water partition coefficient (Wildman–Crippen LogP) is 4.31. The van der Waals surface area contributed by atoms with Gasteiger partial charge in [0.05, 0.1) is 10.6 Å². The van der Waals surface area contributed by atoms with Crippen molar-refractivity contribution in [3.05, 3.63) is 65.2 Å². The van der Waals surface area contributed by atoms with Crippen molar-refractivity contribution in [3.63, 3.8) is 0 Å². The Kier molecular flexibility index (Phi) is 3.64. The fourth-order valence-electron chi connectivity index (χ4n) is 3.50. The highest BCUT2D eigenvalue weighted by Crippen LogP contribution is 2.57. The van der Waals surface area contributed by atoms with Gasteiger partial charge in [0.15, 0.2) is 0 Å². The molecule has 0 aliphatic carbocycles. The smallest absolute Gasteiger partial charge is 0.311 e. The van der Waals surface area contributed by atoms with Crippen molar-refractivity contribution in [3.8, 4) is 28.4 Å². The Bertz CT molecular complexity index is 1100. The summed E-state index contributed by atoms with van der Waals surface area (Å²) in [6.45, 7) is 5.55. The number of phenolic OH excluding ortho intramolecular Hbond substituents is 2. The van der Waals surface area contributed by atoms with Gasteiger partial charge in [-0.15, -0.1) is 0 Å². The molecule has 1 unspecified atom stereocenters. The van der Waals surface area contributed by atoms with Crippen LogP contribution in [0.5, 0.6) is 17.2 Å². The van der Waals surface area contributed by atoms with Crippen LogP contribution in [0.25, 0.3) is 11.1 Å². The van der Waals surface area contributed by atoms with Crippen LogP contribution in [-0.2, 0) is 4.57 Å². The van der Waals surface area contributed by atoms with E-state index >= 15 is 0 Å². The molecule has 1 atom stereocenters. The summed E-state index contributed by atoms with van der Waals surface area (Å²) in [4.78, 5) is 0. The minimum Gasteiger partial charge on any atom is -0.508 e. The van der Waals surface area contributed by atoms with Crippen LogP contribution in [0, 0.1) is 20.8 Å². The standard InChI is InChI=1S/C21H19O4P/c1-12-8-9-13(2)21-19(12)16-6-4-5-7-17(16)26(24,25-21)18-11-15(22)10-14(3)20(18)23/h4-11,22-23H,1-3H3. The molecule has 0 radical (unpaired) electrons. The molecule has 1 heterocycles. The van der Waals surface area contributed by atoms with E-state index in [0.717, 1.165) is 22.3 Å². The Balaban J connectivity index is 2.10. The van der Waals surface area contributed by atoms with Crippen LogP contribution in [0.1, 0.15) is 16.7 Å². The lowest BCUT2D eigenvalue weighted by molar-refractivity contribution is 0.456. The topological polar surface area (TPSA) is 66.8 Å². The second-order valence-electron chi connectivity index (χ2n) is 6.69. The zero-order valence-corrected chi connectivity index (χ0v) is 15.7. The molecule has 2 N–H and O–H groups in total. The number of hydrogen-bond donors (Lipinski definition) is 2. The summed E-state index contributed by atoms with van der Waals surface area (Å²) in [5.41, 5.74) is 4.10. The molecule has 0 aromatic heterocycles. The molecule has 1 aliphatic rings. The first-order valence-electron chi connectivity index (χ1n) is 8.36. The average Bonchev–Trinajstić information content (AvgIpc) is 2.61. The van der Waals surface area contributed by atoms with Crippen molar-refractivity contribution < 1.29 is 19.3 Å². The Labute approximate surface area is 152 Å². The summed E-state index contributed by atoms with van der Waals surface area (Å²) < 4.78 is 20.2. The summed E-state index contributed by atoms with van der Waals surface area (Å²) in [5.74, 6) is 0.389.